The lowest BCUT2D eigenvalue weighted by molar-refractivity contribution is -0.152. The first-order valence-electron chi connectivity index (χ1n) is 16.7. The first kappa shape index (κ1) is 37.9. The molecule has 0 radical (unpaired) electrons. The predicted molar refractivity (Wildman–Crippen MR) is 184 cm³/mol. The van der Waals surface area contributed by atoms with Crippen molar-refractivity contribution in [1.29, 1.82) is 0 Å². The number of carbonyl (C=O) groups is 3. The SMILES string of the molecule is Cc1ccc(F)c(CC(=O)Cc2ccc(Oc3ncnc4cc(OCCCN5CCOCC5)c5c(c34)OCCO5)cc2)c1.O=C(O)C[C@H](O)C(=O)O. The summed E-state index contributed by atoms with van der Waals surface area (Å²) in [6.07, 6.45) is 0.00471. The topological polar surface area (TPSA) is 187 Å². The molecule has 4 aromatic rings. The van der Waals surface area contributed by atoms with E-state index in [4.69, 9.17) is 39.0 Å². The van der Waals surface area contributed by atoms with Crippen LogP contribution in [-0.4, -0.2) is 107 Å². The molecule has 0 aliphatic carbocycles. The van der Waals surface area contributed by atoms with Gasteiger partial charge in [-0.2, -0.15) is 0 Å². The predicted octanol–water partition coefficient (Wildman–Crippen LogP) is 4.00. The highest BCUT2D eigenvalue weighted by Crippen LogP contribution is 2.47. The van der Waals surface area contributed by atoms with Gasteiger partial charge in [0.1, 0.15) is 42.3 Å². The van der Waals surface area contributed by atoms with Crippen LogP contribution >= 0.6 is 0 Å². The molecular weight excluding hydrogens is 681 g/mol. The van der Waals surface area contributed by atoms with Gasteiger partial charge in [-0.25, -0.2) is 19.2 Å². The minimum Gasteiger partial charge on any atom is -0.489 e. The van der Waals surface area contributed by atoms with Gasteiger partial charge in [-0.05, 0) is 42.7 Å². The molecule has 0 bridgehead atoms. The summed E-state index contributed by atoms with van der Waals surface area (Å²) >= 11 is 0. The fraction of sp³-hybridized carbons (Fsp3) is 0.378. The highest BCUT2D eigenvalue weighted by molar-refractivity contribution is 5.94. The molecule has 3 heterocycles. The number of ketones is 1. The van der Waals surface area contributed by atoms with Gasteiger partial charge in [0.2, 0.25) is 11.6 Å². The summed E-state index contributed by atoms with van der Waals surface area (Å²) in [6, 6.07) is 13.8. The lowest BCUT2D eigenvalue weighted by atomic mass is 10.0. The number of rotatable bonds is 14. The molecule has 1 aromatic heterocycles. The van der Waals surface area contributed by atoms with Gasteiger partial charge in [-0.3, -0.25) is 14.5 Å². The van der Waals surface area contributed by atoms with Crippen molar-refractivity contribution in [3.05, 3.63) is 77.4 Å². The summed E-state index contributed by atoms with van der Waals surface area (Å²) < 4.78 is 43.8. The Kier molecular flexibility index (Phi) is 13.3. The number of Topliss-reactive ketones (excluding diaryl/α,β-unsaturated/α-hetero) is 1. The molecule has 3 aromatic carbocycles. The van der Waals surface area contributed by atoms with Gasteiger partial charge in [-0.1, -0.05) is 29.8 Å². The zero-order valence-corrected chi connectivity index (χ0v) is 28.6. The van der Waals surface area contributed by atoms with Gasteiger partial charge < -0.3 is 39.0 Å². The third kappa shape index (κ3) is 10.6. The summed E-state index contributed by atoms with van der Waals surface area (Å²) in [7, 11) is 0. The molecule has 0 amide bonds. The van der Waals surface area contributed by atoms with Gasteiger partial charge in [0, 0.05) is 38.5 Å². The average molecular weight is 722 g/mol. The molecule has 14 nitrogen and oxygen atoms in total. The number of aromatic nitrogens is 2. The van der Waals surface area contributed by atoms with Gasteiger partial charge in [-0.15, -0.1) is 0 Å². The Morgan fingerprint density at radius 3 is 2.37 bits per heavy atom. The van der Waals surface area contributed by atoms with E-state index < -0.39 is 24.5 Å². The number of aliphatic hydroxyl groups is 1. The molecule has 2 aliphatic heterocycles. The van der Waals surface area contributed by atoms with Crippen LogP contribution in [0.2, 0.25) is 0 Å². The van der Waals surface area contributed by atoms with Gasteiger partial charge in [0.25, 0.3) is 0 Å². The Balaban J connectivity index is 0.000000515. The molecule has 0 unspecified atom stereocenters. The monoisotopic (exact) mass is 721 g/mol. The van der Waals surface area contributed by atoms with Crippen molar-refractivity contribution in [2.24, 2.45) is 0 Å². The number of hydrogen-bond acceptors (Lipinski definition) is 12. The number of ether oxygens (including phenoxy) is 5. The summed E-state index contributed by atoms with van der Waals surface area (Å²) in [6.45, 7) is 7.57. The van der Waals surface area contributed by atoms with E-state index in [1.165, 1.54) is 12.4 Å². The van der Waals surface area contributed by atoms with E-state index in [0.717, 1.165) is 50.4 Å². The second-order valence-electron chi connectivity index (χ2n) is 12.1. The van der Waals surface area contributed by atoms with Crippen LogP contribution in [0.25, 0.3) is 10.9 Å². The third-order valence-corrected chi connectivity index (χ3v) is 8.10. The smallest absolute Gasteiger partial charge is 0.333 e. The number of carbonyl (C=O) groups excluding carboxylic acids is 1. The number of carboxylic acid groups (broad SMARTS) is 2. The number of aryl methyl sites for hydroxylation is 1. The molecule has 52 heavy (non-hydrogen) atoms. The Morgan fingerprint density at radius 1 is 0.942 bits per heavy atom. The molecular formula is C37H40FN3O11. The van der Waals surface area contributed by atoms with E-state index in [0.29, 0.717) is 65.2 Å². The minimum atomic E-state index is -1.79. The Morgan fingerprint density at radius 2 is 1.67 bits per heavy atom. The summed E-state index contributed by atoms with van der Waals surface area (Å²) in [5, 5.41) is 24.7. The van der Waals surface area contributed by atoms with Crippen LogP contribution in [-0.2, 0) is 32.0 Å². The van der Waals surface area contributed by atoms with Crippen molar-refractivity contribution in [1.82, 2.24) is 14.9 Å². The normalized spacial score (nSPS) is 14.5. The number of aliphatic hydroxyl groups excluding tert-OH is 1. The number of aliphatic carboxylic acids is 2. The fourth-order valence-electron chi connectivity index (χ4n) is 5.54. The lowest BCUT2D eigenvalue weighted by Crippen LogP contribution is -2.37. The maximum atomic E-state index is 14.1. The highest BCUT2D eigenvalue weighted by Gasteiger charge is 2.25. The molecule has 0 saturated carbocycles. The van der Waals surface area contributed by atoms with E-state index in [2.05, 4.69) is 14.9 Å². The third-order valence-electron chi connectivity index (χ3n) is 8.10. The second kappa shape index (κ2) is 18.2. The molecule has 1 saturated heterocycles. The van der Waals surface area contributed by atoms with Crippen LogP contribution in [0.4, 0.5) is 4.39 Å². The minimum absolute atomic E-state index is 0.0471. The average Bonchev–Trinajstić information content (AvgIpc) is 3.13. The van der Waals surface area contributed by atoms with Gasteiger partial charge in [0.05, 0.1) is 31.8 Å². The maximum Gasteiger partial charge on any atom is 0.333 e. The van der Waals surface area contributed by atoms with Crippen LogP contribution in [0.5, 0.6) is 28.9 Å². The number of halogens is 1. The molecule has 2 aliphatic rings. The van der Waals surface area contributed by atoms with Gasteiger partial charge in [0.15, 0.2) is 17.6 Å². The molecule has 1 fully saturated rings. The van der Waals surface area contributed by atoms with Crippen LogP contribution in [0.3, 0.4) is 0 Å². The first-order valence-corrected chi connectivity index (χ1v) is 16.7. The standard InChI is InChI=1S/C33H34FN3O6.C4H6O5/c1-22-3-8-27(34)24(17-22)19-25(38)18-23-4-6-26(7-5-23)43-33-30-28(35-21-36-33)20-29(31-32(30)42-16-15-41-31)40-12-2-9-37-10-13-39-14-11-37;5-2(4(8)9)1-3(6)7/h3-8,17,20-21H,2,9-16,18-19H2,1H3;2,5H,1H2,(H,6,7)(H,8,9)/t;2-/m.0/s1. The Hall–Kier alpha value is -5.38. The van der Waals surface area contributed by atoms with Crippen molar-refractivity contribution in [2.75, 3.05) is 52.7 Å². The lowest BCUT2D eigenvalue weighted by Gasteiger charge is -2.26. The summed E-state index contributed by atoms with van der Waals surface area (Å²) in [5.74, 6) is -0.826. The van der Waals surface area contributed by atoms with Gasteiger partial charge >= 0.3 is 11.9 Å². The fourth-order valence-corrected chi connectivity index (χ4v) is 5.54. The van der Waals surface area contributed by atoms with Crippen molar-refractivity contribution < 1.29 is 57.8 Å². The maximum absolute atomic E-state index is 14.1. The Bertz CT molecular complexity index is 1870. The number of fused-ring (bicyclic) bond motifs is 3. The second-order valence-corrected chi connectivity index (χ2v) is 12.1. The van der Waals surface area contributed by atoms with Crippen molar-refractivity contribution in [3.63, 3.8) is 0 Å². The van der Waals surface area contributed by atoms with Crippen molar-refractivity contribution >= 4 is 28.6 Å². The molecule has 15 heteroatoms. The molecule has 1 atom stereocenters. The Labute approximate surface area is 298 Å². The van der Waals surface area contributed by atoms with Crippen LogP contribution in [0.15, 0.2) is 54.9 Å². The molecule has 6 rings (SSSR count). The zero-order chi connectivity index (χ0) is 37.0. The molecule has 276 valence electrons. The molecule has 0 spiro atoms. The van der Waals surface area contributed by atoms with E-state index in [9.17, 15) is 18.8 Å². The quantitative estimate of drug-likeness (QED) is 0.159. The zero-order valence-electron chi connectivity index (χ0n) is 28.6. The highest BCUT2D eigenvalue weighted by atomic mass is 19.1. The largest absolute Gasteiger partial charge is 0.489 e. The van der Waals surface area contributed by atoms with Crippen LogP contribution in [0, 0.1) is 12.7 Å². The van der Waals surface area contributed by atoms with E-state index in [1.54, 1.807) is 24.3 Å². The van der Waals surface area contributed by atoms with Crippen LogP contribution < -0.4 is 18.9 Å². The van der Waals surface area contributed by atoms with E-state index in [1.807, 2.05) is 25.1 Å². The van der Waals surface area contributed by atoms with E-state index in [-0.39, 0.29) is 24.4 Å². The van der Waals surface area contributed by atoms with Crippen LogP contribution in [0.1, 0.15) is 29.5 Å². The summed E-state index contributed by atoms with van der Waals surface area (Å²) in [4.78, 5) is 43.3. The van der Waals surface area contributed by atoms with Crippen molar-refractivity contribution in [2.45, 2.75) is 38.7 Å². The number of nitrogens with zero attached hydrogens (tertiary/aromatic N) is 3. The number of morpholine rings is 1. The number of hydrogen-bond donors (Lipinski definition) is 3. The number of benzene rings is 3. The number of carboxylic acids is 2. The van der Waals surface area contributed by atoms with E-state index >= 15 is 0 Å². The van der Waals surface area contributed by atoms with Crippen molar-refractivity contribution in [3.8, 4) is 28.9 Å². The molecule has 3 N–H and O–H groups in total. The summed E-state index contributed by atoms with van der Waals surface area (Å²) in [5.41, 5.74) is 2.76. The first-order chi connectivity index (χ1) is 25.1.